The number of para-hydroxylation sites is 1. The van der Waals surface area contributed by atoms with Gasteiger partial charge in [0.1, 0.15) is 5.75 Å². The van der Waals surface area contributed by atoms with Crippen LogP contribution >= 0.6 is 15.9 Å². The van der Waals surface area contributed by atoms with Gasteiger partial charge in [0.25, 0.3) is 15.9 Å². The van der Waals surface area contributed by atoms with E-state index in [0.717, 1.165) is 10.0 Å². The molecule has 1 amide bonds. The second-order valence-corrected chi connectivity index (χ2v) is 11.5. The van der Waals surface area contributed by atoms with Crippen molar-refractivity contribution < 1.29 is 17.9 Å². The smallest absolute Gasteiger partial charge is 0.264 e. The average Bonchev–Trinajstić information content (AvgIpc) is 2.79. The van der Waals surface area contributed by atoms with Gasteiger partial charge in [-0.25, -0.2) is 8.42 Å². The number of nitrogens with zero attached hydrogens (tertiary/aromatic N) is 1. The summed E-state index contributed by atoms with van der Waals surface area (Å²) in [4.78, 5) is 12.6. The third-order valence-electron chi connectivity index (χ3n) is 5.17. The van der Waals surface area contributed by atoms with Crippen LogP contribution in [0.4, 0.5) is 11.4 Å². The first-order valence-electron chi connectivity index (χ1n) is 10.9. The number of rotatable bonds is 8. The van der Waals surface area contributed by atoms with Crippen LogP contribution in [0.1, 0.15) is 33.3 Å². The Morgan fingerprint density at radius 3 is 2.24 bits per heavy atom. The summed E-state index contributed by atoms with van der Waals surface area (Å²) in [6.07, 6.45) is 0. The summed E-state index contributed by atoms with van der Waals surface area (Å²) in [7, 11) is -3.73. The number of hydrogen-bond acceptors (Lipinski definition) is 4. The maximum Gasteiger partial charge on any atom is 0.264 e. The molecule has 0 aliphatic carbocycles. The van der Waals surface area contributed by atoms with Crippen LogP contribution in [0.3, 0.4) is 0 Å². The third kappa shape index (κ3) is 6.18. The monoisotopic (exact) mass is 544 g/mol. The maximum absolute atomic E-state index is 13.1. The number of halogens is 1. The fraction of sp³-hybridized carbons (Fsp3) is 0.269. The molecule has 0 atom stereocenters. The number of anilines is 2. The van der Waals surface area contributed by atoms with Crippen molar-refractivity contribution in [3.63, 3.8) is 0 Å². The van der Waals surface area contributed by atoms with Crippen LogP contribution in [0, 0.1) is 0 Å². The van der Waals surface area contributed by atoms with Gasteiger partial charge in [0.15, 0.2) is 6.61 Å². The Kier molecular flexibility index (Phi) is 8.05. The number of sulfonamides is 1. The molecule has 0 heterocycles. The van der Waals surface area contributed by atoms with Crippen molar-refractivity contribution in [2.45, 2.75) is 38.0 Å². The van der Waals surface area contributed by atoms with E-state index in [-0.39, 0.29) is 22.8 Å². The highest BCUT2D eigenvalue weighted by atomic mass is 79.9. The summed E-state index contributed by atoms with van der Waals surface area (Å²) in [5, 5.41) is 2.75. The van der Waals surface area contributed by atoms with Gasteiger partial charge in [0.05, 0.1) is 10.6 Å². The molecule has 0 unspecified atom stereocenters. The lowest BCUT2D eigenvalue weighted by Gasteiger charge is -2.23. The van der Waals surface area contributed by atoms with Crippen LogP contribution in [0.5, 0.6) is 5.75 Å². The van der Waals surface area contributed by atoms with E-state index in [1.54, 1.807) is 43.3 Å². The van der Waals surface area contributed by atoms with Crippen molar-refractivity contribution in [3.05, 3.63) is 82.8 Å². The lowest BCUT2D eigenvalue weighted by atomic mass is 9.86. The number of carbonyl (C=O) groups is 1. The minimum atomic E-state index is -3.73. The van der Waals surface area contributed by atoms with Crippen LogP contribution in [-0.2, 0) is 20.2 Å². The van der Waals surface area contributed by atoms with E-state index in [9.17, 15) is 13.2 Å². The number of nitrogens with one attached hydrogen (secondary N) is 1. The highest BCUT2D eigenvalue weighted by Gasteiger charge is 2.23. The van der Waals surface area contributed by atoms with Gasteiger partial charge in [-0.2, -0.15) is 0 Å². The molecule has 6 nitrogen and oxygen atoms in total. The Morgan fingerprint density at radius 2 is 1.65 bits per heavy atom. The van der Waals surface area contributed by atoms with Crippen molar-refractivity contribution >= 4 is 43.2 Å². The Bertz CT molecular complexity index is 1240. The van der Waals surface area contributed by atoms with Crippen molar-refractivity contribution in [1.29, 1.82) is 0 Å². The molecule has 8 heteroatoms. The van der Waals surface area contributed by atoms with E-state index in [4.69, 9.17) is 4.74 Å². The van der Waals surface area contributed by atoms with Gasteiger partial charge in [-0.3, -0.25) is 9.10 Å². The lowest BCUT2D eigenvalue weighted by molar-refractivity contribution is -0.118. The highest BCUT2D eigenvalue weighted by Crippen LogP contribution is 2.33. The standard InChI is InChI=1S/C26H29BrN2O4S/c1-5-29(21-9-7-6-8-10-21)34(31,32)22-14-12-20(13-15-22)28-25(30)18-33-24-16-11-19(27)17-23(24)26(2,3)4/h6-17H,5,18H2,1-4H3,(H,28,30). The molecular formula is C26H29BrN2O4S. The van der Waals surface area contributed by atoms with Crippen LogP contribution in [0.2, 0.25) is 0 Å². The Hall–Kier alpha value is -2.84. The quantitative estimate of drug-likeness (QED) is 0.378. The van der Waals surface area contributed by atoms with Gasteiger partial charge in [-0.1, -0.05) is 54.9 Å². The van der Waals surface area contributed by atoms with E-state index < -0.39 is 10.0 Å². The van der Waals surface area contributed by atoms with E-state index >= 15 is 0 Å². The molecule has 0 aromatic heterocycles. The third-order valence-corrected chi connectivity index (χ3v) is 7.58. The predicted octanol–water partition coefficient (Wildman–Crippen LogP) is 5.98. The molecule has 3 rings (SSSR count). The summed E-state index contributed by atoms with van der Waals surface area (Å²) < 4.78 is 34.3. The molecule has 0 saturated heterocycles. The molecule has 0 fully saturated rings. The zero-order valence-corrected chi connectivity index (χ0v) is 22.1. The Labute approximate surface area is 210 Å². The number of carbonyl (C=O) groups excluding carboxylic acids is 1. The molecule has 0 saturated carbocycles. The van der Waals surface area contributed by atoms with Crippen molar-refractivity contribution in [2.24, 2.45) is 0 Å². The highest BCUT2D eigenvalue weighted by molar-refractivity contribution is 9.10. The summed E-state index contributed by atoms with van der Waals surface area (Å²) >= 11 is 3.48. The second kappa shape index (κ2) is 10.6. The molecule has 34 heavy (non-hydrogen) atoms. The van der Waals surface area contributed by atoms with Gasteiger partial charge in [-0.05, 0) is 66.9 Å². The number of ether oxygens (including phenoxy) is 1. The zero-order chi connectivity index (χ0) is 24.9. The van der Waals surface area contributed by atoms with E-state index in [2.05, 4.69) is 42.0 Å². The Balaban J connectivity index is 1.68. The molecule has 0 aliphatic heterocycles. The second-order valence-electron chi connectivity index (χ2n) is 8.76. The van der Waals surface area contributed by atoms with Crippen molar-refractivity contribution in [3.8, 4) is 5.75 Å². The molecular weight excluding hydrogens is 516 g/mol. The average molecular weight is 545 g/mol. The first kappa shape index (κ1) is 25.8. The van der Waals surface area contributed by atoms with E-state index in [1.165, 1.54) is 16.4 Å². The van der Waals surface area contributed by atoms with Crippen LogP contribution in [0.15, 0.2) is 82.2 Å². The molecule has 0 bridgehead atoms. The zero-order valence-electron chi connectivity index (χ0n) is 19.7. The number of amides is 1. The predicted molar refractivity (Wildman–Crippen MR) is 140 cm³/mol. The van der Waals surface area contributed by atoms with Gasteiger partial charge in [0, 0.05) is 22.3 Å². The maximum atomic E-state index is 13.1. The Morgan fingerprint density at radius 1 is 1.00 bits per heavy atom. The first-order valence-corrected chi connectivity index (χ1v) is 13.2. The van der Waals surface area contributed by atoms with Gasteiger partial charge in [-0.15, -0.1) is 0 Å². The fourth-order valence-corrected chi connectivity index (χ4v) is 5.31. The molecule has 1 N–H and O–H groups in total. The SMILES string of the molecule is CCN(c1ccccc1)S(=O)(=O)c1ccc(NC(=O)COc2ccc(Br)cc2C(C)(C)C)cc1. The summed E-state index contributed by atoms with van der Waals surface area (Å²) in [6, 6.07) is 20.8. The molecule has 3 aromatic rings. The van der Waals surface area contributed by atoms with Crippen LogP contribution in [-0.4, -0.2) is 27.5 Å². The van der Waals surface area contributed by atoms with Gasteiger partial charge in [0.2, 0.25) is 0 Å². The minimum Gasteiger partial charge on any atom is -0.483 e. The van der Waals surface area contributed by atoms with Gasteiger partial charge >= 0.3 is 0 Å². The summed E-state index contributed by atoms with van der Waals surface area (Å²) in [6.45, 7) is 8.16. The van der Waals surface area contributed by atoms with Crippen molar-refractivity contribution in [2.75, 3.05) is 22.8 Å². The molecule has 180 valence electrons. The van der Waals surface area contributed by atoms with Crippen LogP contribution in [0.25, 0.3) is 0 Å². The largest absolute Gasteiger partial charge is 0.483 e. The van der Waals surface area contributed by atoms with Gasteiger partial charge < -0.3 is 10.1 Å². The minimum absolute atomic E-state index is 0.150. The van der Waals surface area contributed by atoms with Crippen LogP contribution < -0.4 is 14.4 Å². The molecule has 3 aromatic carbocycles. The topological polar surface area (TPSA) is 75.7 Å². The van der Waals surface area contributed by atoms with E-state index in [1.807, 2.05) is 24.3 Å². The van der Waals surface area contributed by atoms with Crippen molar-refractivity contribution in [1.82, 2.24) is 0 Å². The fourth-order valence-electron chi connectivity index (χ4n) is 3.48. The number of benzene rings is 3. The normalized spacial score (nSPS) is 11.7. The molecule has 0 aliphatic rings. The van der Waals surface area contributed by atoms with E-state index in [0.29, 0.717) is 23.7 Å². The lowest BCUT2D eigenvalue weighted by Crippen LogP contribution is -2.30. The molecule has 0 spiro atoms. The summed E-state index contributed by atoms with van der Waals surface area (Å²) in [5.41, 5.74) is 1.93. The number of hydrogen-bond donors (Lipinski definition) is 1. The first-order chi connectivity index (χ1) is 16.0. The molecule has 0 radical (unpaired) electrons. The summed E-state index contributed by atoms with van der Waals surface area (Å²) in [5.74, 6) is 0.311.